The van der Waals surface area contributed by atoms with Gasteiger partial charge < -0.3 is 4.57 Å². The van der Waals surface area contributed by atoms with Crippen molar-refractivity contribution in [1.82, 2.24) is 19.5 Å². The molecule has 4 nitrogen and oxygen atoms in total. The molecule has 0 spiro atoms. The van der Waals surface area contributed by atoms with Crippen molar-refractivity contribution in [3.05, 3.63) is 170 Å². The summed E-state index contributed by atoms with van der Waals surface area (Å²) in [5.41, 5.74) is 6.35. The lowest BCUT2D eigenvalue weighted by molar-refractivity contribution is 1.07. The van der Waals surface area contributed by atoms with Gasteiger partial charge in [0.25, 0.3) is 0 Å². The SMILES string of the molecule is c1ccc(-c2nc(-c3ccc(-n4c5cccc6c7cc8ccccc8cc7c7cccc4c7c65)cc3)nc(-c3ccc4ccccc4c3)n2)cc1. The number of nitrogens with zero attached hydrogens (tertiary/aromatic N) is 4. The van der Waals surface area contributed by atoms with E-state index in [0.717, 1.165) is 27.8 Å². The maximum atomic E-state index is 5.05. The minimum atomic E-state index is 0.644. The van der Waals surface area contributed by atoms with Crippen LogP contribution in [0.25, 0.3) is 105 Å². The minimum absolute atomic E-state index is 0.644. The Bertz CT molecular complexity index is 3020. The van der Waals surface area contributed by atoms with E-state index in [1.807, 2.05) is 30.3 Å². The normalized spacial score (nSPS) is 11.9. The molecule has 9 aromatic carbocycles. The van der Waals surface area contributed by atoms with Crippen LogP contribution in [0.5, 0.6) is 0 Å². The lowest BCUT2D eigenvalue weighted by Crippen LogP contribution is -2.00. The third-order valence-electron chi connectivity index (χ3n) is 10.3. The Hall–Kier alpha value is -6.91. The summed E-state index contributed by atoms with van der Waals surface area (Å²) in [6.45, 7) is 0. The molecule has 0 radical (unpaired) electrons. The van der Waals surface area contributed by atoms with Crippen molar-refractivity contribution in [2.24, 2.45) is 0 Å². The van der Waals surface area contributed by atoms with Crippen LogP contribution in [0, 0.1) is 0 Å². The maximum absolute atomic E-state index is 5.05. The van der Waals surface area contributed by atoms with Crippen LogP contribution in [0.2, 0.25) is 0 Å². The third kappa shape index (κ3) is 4.30. The van der Waals surface area contributed by atoms with E-state index in [-0.39, 0.29) is 0 Å². The summed E-state index contributed by atoms with van der Waals surface area (Å²) in [6.07, 6.45) is 0. The Morgan fingerprint density at radius 2 is 0.784 bits per heavy atom. The van der Waals surface area contributed by atoms with E-state index in [4.69, 9.17) is 15.0 Å². The fourth-order valence-electron chi connectivity index (χ4n) is 7.96. The van der Waals surface area contributed by atoms with Gasteiger partial charge in [0.2, 0.25) is 0 Å². The second-order valence-corrected chi connectivity index (χ2v) is 13.3. The number of benzene rings is 9. The first-order valence-electron chi connectivity index (χ1n) is 17.3. The van der Waals surface area contributed by atoms with Crippen molar-refractivity contribution in [3.63, 3.8) is 0 Å². The highest BCUT2D eigenvalue weighted by Crippen LogP contribution is 2.44. The van der Waals surface area contributed by atoms with E-state index >= 15 is 0 Å². The van der Waals surface area contributed by atoms with Crippen molar-refractivity contribution in [3.8, 4) is 39.9 Å². The molecular formula is C47H28N4. The highest BCUT2D eigenvalue weighted by atomic mass is 15.0. The van der Waals surface area contributed by atoms with Crippen LogP contribution in [0.3, 0.4) is 0 Å². The summed E-state index contributed by atoms with van der Waals surface area (Å²) in [5.74, 6) is 1.95. The predicted octanol–water partition coefficient (Wildman–Crippen LogP) is 12.0. The molecule has 4 heteroatoms. The third-order valence-corrected chi connectivity index (χ3v) is 10.3. The average molecular weight is 649 g/mol. The Labute approximate surface area is 293 Å². The van der Waals surface area contributed by atoms with Crippen LogP contribution >= 0.6 is 0 Å². The van der Waals surface area contributed by atoms with E-state index in [1.165, 1.54) is 59.5 Å². The minimum Gasteiger partial charge on any atom is -0.309 e. The van der Waals surface area contributed by atoms with E-state index in [2.05, 4.69) is 144 Å². The highest BCUT2D eigenvalue weighted by Gasteiger charge is 2.20. The predicted molar refractivity (Wildman–Crippen MR) is 212 cm³/mol. The molecule has 0 aliphatic carbocycles. The molecule has 0 fully saturated rings. The molecule has 51 heavy (non-hydrogen) atoms. The second-order valence-electron chi connectivity index (χ2n) is 13.3. The van der Waals surface area contributed by atoms with Crippen LogP contribution in [0.4, 0.5) is 0 Å². The van der Waals surface area contributed by atoms with Crippen LogP contribution in [0.15, 0.2) is 170 Å². The highest BCUT2D eigenvalue weighted by molar-refractivity contribution is 6.35. The topological polar surface area (TPSA) is 43.6 Å². The van der Waals surface area contributed by atoms with Gasteiger partial charge >= 0.3 is 0 Å². The molecular weight excluding hydrogens is 621 g/mol. The van der Waals surface area contributed by atoms with Gasteiger partial charge in [0.15, 0.2) is 17.5 Å². The van der Waals surface area contributed by atoms with Crippen molar-refractivity contribution >= 4 is 64.9 Å². The molecule has 0 saturated carbocycles. The smallest absolute Gasteiger partial charge is 0.164 e. The zero-order chi connectivity index (χ0) is 33.5. The summed E-state index contributed by atoms with van der Waals surface area (Å²) in [7, 11) is 0. The molecule has 0 amide bonds. The Balaban J connectivity index is 1.09. The summed E-state index contributed by atoms with van der Waals surface area (Å²) in [5, 5.41) is 12.6. The van der Waals surface area contributed by atoms with Gasteiger partial charge in [0.05, 0.1) is 11.0 Å². The fourth-order valence-corrected chi connectivity index (χ4v) is 7.96. The number of fused-ring (bicyclic) bond motifs is 5. The second kappa shape index (κ2) is 10.8. The zero-order valence-corrected chi connectivity index (χ0v) is 27.5. The van der Waals surface area contributed by atoms with Crippen LogP contribution < -0.4 is 0 Å². The first kappa shape index (κ1) is 28.0. The molecule has 0 bridgehead atoms. The quantitative estimate of drug-likeness (QED) is 0.141. The van der Waals surface area contributed by atoms with Crippen molar-refractivity contribution in [2.75, 3.05) is 0 Å². The number of hydrogen-bond acceptors (Lipinski definition) is 3. The Kier molecular flexibility index (Phi) is 5.92. The lowest BCUT2D eigenvalue weighted by atomic mass is 9.92. The van der Waals surface area contributed by atoms with Gasteiger partial charge in [-0.15, -0.1) is 0 Å². The van der Waals surface area contributed by atoms with Crippen molar-refractivity contribution in [1.29, 1.82) is 0 Å². The zero-order valence-electron chi connectivity index (χ0n) is 27.5. The molecule has 0 unspecified atom stereocenters. The molecule has 11 aromatic rings. The number of rotatable bonds is 4. The lowest BCUT2D eigenvalue weighted by Gasteiger charge is -2.11. The van der Waals surface area contributed by atoms with Crippen LogP contribution in [-0.4, -0.2) is 19.5 Å². The standard InChI is InChI=1S/C47H28N4/c1-2-11-30(12-3-1)45-48-46(50-47(49-45)35-21-20-29-10-4-5-13-32(29)26-35)31-22-24-36(25-23-31)51-41-18-8-16-37-39-27-33-14-6-7-15-34(33)28-40(39)38-17-9-19-42(51)44(38)43(37)41/h1-28H. The monoisotopic (exact) mass is 648 g/mol. The first-order valence-corrected chi connectivity index (χ1v) is 17.3. The van der Waals surface area contributed by atoms with E-state index in [1.54, 1.807) is 0 Å². The molecule has 11 rings (SSSR count). The fraction of sp³-hybridized carbons (Fsp3) is 0. The maximum Gasteiger partial charge on any atom is 0.164 e. The molecule has 2 aromatic heterocycles. The Morgan fingerprint density at radius 1 is 0.314 bits per heavy atom. The van der Waals surface area contributed by atoms with Crippen LogP contribution in [0.1, 0.15) is 0 Å². The van der Waals surface area contributed by atoms with Crippen molar-refractivity contribution in [2.45, 2.75) is 0 Å². The largest absolute Gasteiger partial charge is 0.309 e. The molecule has 0 aliphatic heterocycles. The van der Waals surface area contributed by atoms with E-state index in [9.17, 15) is 0 Å². The summed E-state index contributed by atoms with van der Waals surface area (Å²) in [4.78, 5) is 15.0. The molecule has 0 aliphatic rings. The van der Waals surface area contributed by atoms with Crippen LogP contribution in [-0.2, 0) is 0 Å². The first-order chi connectivity index (χ1) is 25.3. The van der Waals surface area contributed by atoms with Gasteiger partial charge in [-0.2, -0.15) is 0 Å². The summed E-state index contributed by atoms with van der Waals surface area (Å²) >= 11 is 0. The summed E-state index contributed by atoms with van der Waals surface area (Å²) < 4.78 is 2.40. The molecule has 236 valence electrons. The average Bonchev–Trinajstić information content (AvgIpc) is 3.55. The van der Waals surface area contributed by atoms with Gasteiger partial charge in [0.1, 0.15) is 0 Å². The molecule has 2 heterocycles. The van der Waals surface area contributed by atoms with Gasteiger partial charge in [-0.25, -0.2) is 15.0 Å². The number of aromatic nitrogens is 4. The van der Waals surface area contributed by atoms with Gasteiger partial charge in [-0.05, 0) is 97.7 Å². The van der Waals surface area contributed by atoms with Crippen molar-refractivity contribution < 1.29 is 0 Å². The molecule has 0 saturated heterocycles. The van der Waals surface area contributed by atoms with Gasteiger partial charge in [-0.1, -0.05) is 115 Å². The molecule has 0 atom stereocenters. The Morgan fingerprint density at radius 3 is 1.37 bits per heavy atom. The van der Waals surface area contributed by atoms with Gasteiger partial charge in [0, 0.05) is 33.2 Å². The van der Waals surface area contributed by atoms with E-state index in [0.29, 0.717) is 17.5 Å². The number of hydrogen-bond donors (Lipinski definition) is 0. The van der Waals surface area contributed by atoms with E-state index < -0.39 is 0 Å². The summed E-state index contributed by atoms with van der Waals surface area (Å²) in [6, 6.07) is 60.3. The molecule has 0 N–H and O–H groups in total. The van der Waals surface area contributed by atoms with Gasteiger partial charge in [-0.3, -0.25) is 0 Å².